The summed E-state index contributed by atoms with van der Waals surface area (Å²) >= 11 is 0. The van der Waals surface area contributed by atoms with Crippen molar-refractivity contribution in [2.45, 2.75) is 95.7 Å². The van der Waals surface area contributed by atoms with Gasteiger partial charge < -0.3 is 9.84 Å². The van der Waals surface area contributed by atoms with Crippen molar-refractivity contribution in [3.63, 3.8) is 0 Å². The lowest BCUT2D eigenvalue weighted by Gasteiger charge is -2.30. The molecule has 4 rings (SSSR count). The highest BCUT2D eigenvalue weighted by atomic mass is 19.2. The Bertz CT molecular complexity index is 945. The molecule has 2 saturated carbocycles. The largest absolute Gasteiger partial charge is 0.393 e. The van der Waals surface area contributed by atoms with Crippen molar-refractivity contribution in [1.29, 1.82) is 0 Å². The zero-order chi connectivity index (χ0) is 24.1. The lowest BCUT2D eigenvalue weighted by Crippen LogP contribution is -2.19. The fourth-order valence-corrected chi connectivity index (χ4v) is 5.82. The van der Waals surface area contributed by atoms with Gasteiger partial charge in [-0.3, -0.25) is 0 Å². The van der Waals surface area contributed by atoms with Gasteiger partial charge in [0.1, 0.15) is 5.82 Å². The fourth-order valence-electron chi connectivity index (χ4n) is 5.82. The summed E-state index contributed by atoms with van der Waals surface area (Å²) < 4.78 is 49.7. The van der Waals surface area contributed by atoms with Crippen molar-refractivity contribution in [2.24, 2.45) is 5.92 Å². The van der Waals surface area contributed by atoms with Gasteiger partial charge in [0.15, 0.2) is 11.6 Å². The summed E-state index contributed by atoms with van der Waals surface area (Å²) in [5.74, 6) is -1.01. The third-order valence-corrected chi connectivity index (χ3v) is 7.98. The number of ether oxygens (including phenoxy) is 1. The lowest BCUT2D eigenvalue weighted by molar-refractivity contribution is 0.122. The van der Waals surface area contributed by atoms with Crippen molar-refractivity contribution < 1.29 is 23.0 Å². The summed E-state index contributed by atoms with van der Waals surface area (Å²) in [6.07, 6.45) is 7.61. The van der Waals surface area contributed by atoms with Crippen LogP contribution >= 0.6 is 0 Å². The number of aliphatic hydroxyl groups is 1. The van der Waals surface area contributed by atoms with E-state index in [0.717, 1.165) is 43.2 Å². The first-order chi connectivity index (χ1) is 16.5. The van der Waals surface area contributed by atoms with Gasteiger partial charge in [-0.15, -0.1) is 0 Å². The molecular weight excluding hydrogens is 437 g/mol. The Labute approximate surface area is 201 Å². The van der Waals surface area contributed by atoms with E-state index in [-0.39, 0.29) is 23.8 Å². The Balaban J connectivity index is 1.30. The minimum absolute atomic E-state index is 0.00341. The van der Waals surface area contributed by atoms with Gasteiger partial charge in [0, 0.05) is 6.61 Å². The number of hydrogen-bond donors (Lipinski definition) is 1. The molecule has 0 radical (unpaired) electrons. The van der Waals surface area contributed by atoms with E-state index in [1.165, 1.54) is 0 Å². The topological polar surface area (TPSA) is 29.5 Å². The Kier molecular flexibility index (Phi) is 8.70. The van der Waals surface area contributed by atoms with Crippen LogP contribution in [0.4, 0.5) is 13.2 Å². The second-order valence-electron chi connectivity index (χ2n) is 10.2. The molecule has 0 spiro atoms. The minimum Gasteiger partial charge on any atom is -0.393 e. The van der Waals surface area contributed by atoms with E-state index in [9.17, 15) is 13.9 Å². The average molecular weight is 475 g/mol. The third-order valence-electron chi connectivity index (χ3n) is 7.98. The van der Waals surface area contributed by atoms with E-state index in [2.05, 4.69) is 0 Å². The third kappa shape index (κ3) is 6.04. The molecular formula is C29H37F3O2. The first kappa shape index (κ1) is 25.2. The number of rotatable bonds is 8. The Hall–Kier alpha value is -1.85. The predicted octanol–water partition coefficient (Wildman–Crippen LogP) is 7.57. The Morgan fingerprint density at radius 1 is 0.824 bits per heavy atom. The van der Waals surface area contributed by atoms with Crippen molar-refractivity contribution in [2.75, 3.05) is 6.61 Å². The minimum atomic E-state index is -0.690. The summed E-state index contributed by atoms with van der Waals surface area (Å²) in [5, 5.41) is 9.70. The van der Waals surface area contributed by atoms with Crippen LogP contribution in [0, 0.1) is 23.4 Å². The fraction of sp³-hybridized carbons (Fsp3) is 0.586. The number of aryl methyl sites for hydroxylation is 1. The summed E-state index contributed by atoms with van der Waals surface area (Å²) in [6.45, 7) is 2.96. The van der Waals surface area contributed by atoms with Crippen LogP contribution in [0.2, 0.25) is 0 Å². The van der Waals surface area contributed by atoms with Crippen LogP contribution in [-0.4, -0.2) is 17.8 Å². The monoisotopic (exact) mass is 474 g/mol. The van der Waals surface area contributed by atoms with E-state index < -0.39 is 11.6 Å². The maximum atomic E-state index is 15.0. The van der Waals surface area contributed by atoms with Gasteiger partial charge in [-0.2, -0.15) is 0 Å². The molecule has 1 N–H and O–H groups in total. The highest BCUT2D eigenvalue weighted by Crippen LogP contribution is 2.41. The second kappa shape index (κ2) is 11.7. The molecule has 5 heteroatoms. The number of benzene rings is 2. The van der Waals surface area contributed by atoms with Crippen LogP contribution < -0.4 is 0 Å². The molecule has 0 unspecified atom stereocenters. The Morgan fingerprint density at radius 2 is 1.41 bits per heavy atom. The number of aliphatic hydroxyl groups excluding tert-OH is 1. The van der Waals surface area contributed by atoms with E-state index in [1.54, 1.807) is 18.2 Å². The lowest BCUT2D eigenvalue weighted by atomic mass is 9.76. The van der Waals surface area contributed by atoms with Crippen LogP contribution in [0.5, 0.6) is 0 Å². The van der Waals surface area contributed by atoms with Crippen LogP contribution in [0.1, 0.15) is 98.8 Å². The van der Waals surface area contributed by atoms with Crippen molar-refractivity contribution >= 4 is 0 Å². The average Bonchev–Trinajstić information content (AvgIpc) is 2.85. The molecule has 186 valence electrons. The summed E-state index contributed by atoms with van der Waals surface area (Å²) in [4.78, 5) is 0. The van der Waals surface area contributed by atoms with Gasteiger partial charge in [0.2, 0.25) is 0 Å². The van der Waals surface area contributed by atoms with E-state index in [4.69, 9.17) is 4.74 Å². The predicted molar refractivity (Wildman–Crippen MR) is 128 cm³/mol. The van der Waals surface area contributed by atoms with Crippen LogP contribution in [-0.2, 0) is 17.8 Å². The van der Waals surface area contributed by atoms with Gasteiger partial charge in [0.05, 0.1) is 12.7 Å². The molecule has 0 heterocycles. The van der Waals surface area contributed by atoms with Gasteiger partial charge >= 0.3 is 0 Å². The number of hydrogen-bond acceptors (Lipinski definition) is 2. The smallest absolute Gasteiger partial charge is 0.162 e. The van der Waals surface area contributed by atoms with Gasteiger partial charge in [0.25, 0.3) is 0 Å². The molecule has 2 fully saturated rings. The first-order valence-electron chi connectivity index (χ1n) is 13.0. The van der Waals surface area contributed by atoms with Gasteiger partial charge in [-0.05, 0) is 117 Å². The zero-order valence-corrected chi connectivity index (χ0v) is 20.2. The second-order valence-corrected chi connectivity index (χ2v) is 10.2. The normalized spacial score (nSPS) is 25.4. The first-order valence-corrected chi connectivity index (χ1v) is 13.0. The summed E-state index contributed by atoms with van der Waals surface area (Å²) in [7, 11) is 0. The van der Waals surface area contributed by atoms with E-state index in [0.29, 0.717) is 62.4 Å². The Morgan fingerprint density at radius 3 is 1.97 bits per heavy atom. The highest BCUT2D eigenvalue weighted by Gasteiger charge is 2.29. The van der Waals surface area contributed by atoms with Crippen LogP contribution in [0.3, 0.4) is 0 Å². The van der Waals surface area contributed by atoms with Crippen LogP contribution in [0.25, 0.3) is 0 Å². The van der Waals surface area contributed by atoms with Crippen molar-refractivity contribution in [3.8, 4) is 0 Å². The quantitative estimate of drug-likeness (QED) is 0.428. The molecule has 2 aromatic carbocycles. The van der Waals surface area contributed by atoms with E-state index >= 15 is 4.39 Å². The molecule has 0 aromatic heterocycles. The molecule has 2 aromatic rings. The molecule has 0 saturated heterocycles. The molecule has 0 bridgehead atoms. The standard InChI is InChI=1S/C29H37F3O2/c1-2-34-18-20-6-10-23(27(30)17-20)9-5-19-3-7-21(8-4-19)25-15-16-26(29(32)28(25)31)22-11-13-24(33)14-12-22/h6,10,15-17,19,21-22,24,33H,2-5,7-9,11-14,18H2,1H3. The molecule has 0 atom stereocenters. The zero-order valence-electron chi connectivity index (χ0n) is 20.2. The summed E-state index contributed by atoms with van der Waals surface area (Å²) in [5.41, 5.74) is 2.56. The molecule has 2 aliphatic carbocycles. The molecule has 34 heavy (non-hydrogen) atoms. The molecule has 2 aliphatic rings. The maximum absolute atomic E-state index is 15.0. The van der Waals surface area contributed by atoms with E-state index in [1.807, 2.05) is 19.1 Å². The van der Waals surface area contributed by atoms with Crippen molar-refractivity contribution in [1.82, 2.24) is 0 Å². The van der Waals surface area contributed by atoms with Crippen molar-refractivity contribution in [3.05, 3.63) is 70.0 Å². The number of halogens is 3. The summed E-state index contributed by atoms with van der Waals surface area (Å²) in [6, 6.07) is 8.94. The van der Waals surface area contributed by atoms with Crippen LogP contribution in [0.15, 0.2) is 30.3 Å². The SMILES string of the molecule is CCOCc1ccc(CCC2CCC(c3ccc(C4CCC(O)CC4)c(F)c3F)CC2)c(F)c1. The maximum Gasteiger partial charge on any atom is 0.162 e. The molecule has 2 nitrogen and oxygen atoms in total. The highest BCUT2D eigenvalue weighted by molar-refractivity contribution is 5.32. The van der Waals surface area contributed by atoms with Gasteiger partial charge in [-0.25, -0.2) is 13.2 Å². The van der Waals surface area contributed by atoms with Gasteiger partial charge in [-0.1, -0.05) is 24.3 Å². The molecule has 0 amide bonds. The molecule has 0 aliphatic heterocycles.